The molecule has 1 atom stereocenters. The summed E-state index contributed by atoms with van der Waals surface area (Å²) in [6.45, 7) is 3.32. The van der Waals surface area contributed by atoms with E-state index in [-0.39, 0.29) is 6.47 Å². The van der Waals surface area contributed by atoms with Crippen LogP contribution in [0.5, 0.6) is 0 Å². The van der Waals surface area contributed by atoms with E-state index in [1.807, 2.05) is 12.4 Å². The van der Waals surface area contributed by atoms with Gasteiger partial charge in [0, 0.05) is 18.9 Å². The first-order valence-electron chi connectivity index (χ1n) is 7.62. The first kappa shape index (κ1) is 15.0. The van der Waals surface area contributed by atoms with Crippen LogP contribution in [0.4, 0.5) is 0 Å². The van der Waals surface area contributed by atoms with Crippen molar-refractivity contribution in [2.24, 2.45) is 11.8 Å². The van der Waals surface area contributed by atoms with Crippen molar-refractivity contribution < 1.29 is 9.90 Å². The topological polar surface area (TPSA) is 69.2 Å². The Balaban J connectivity index is 0.000000452. The standard InChI is InChI=1S/C14H23N3.CH2O2/c1-2-4-12(5-3-1)13-6-9-17(10-13)11-14-15-7-8-16-14;2-1-3/h7-8,12-13H,1-6,9-11H2,(H,15,16);1H,(H,2,3). The van der Waals surface area contributed by atoms with Gasteiger partial charge in [-0.15, -0.1) is 0 Å². The molecule has 1 unspecified atom stereocenters. The molecular weight excluding hydrogens is 254 g/mol. The van der Waals surface area contributed by atoms with Gasteiger partial charge in [-0.1, -0.05) is 32.1 Å². The van der Waals surface area contributed by atoms with Crippen molar-refractivity contribution in [3.63, 3.8) is 0 Å². The summed E-state index contributed by atoms with van der Waals surface area (Å²) in [5.41, 5.74) is 0. The fourth-order valence-electron chi connectivity index (χ4n) is 3.59. The third-order valence-corrected chi connectivity index (χ3v) is 4.55. The highest BCUT2D eigenvalue weighted by Crippen LogP contribution is 2.35. The van der Waals surface area contributed by atoms with Crippen LogP contribution in [0.15, 0.2) is 12.4 Å². The second-order valence-electron chi connectivity index (χ2n) is 5.82. The van der Waals surface area contributed by atoms with Gasteiger partial charge in [-0.25, -0.2) is 4.98 Å². The fraction of sp³-hybridized carbons (Fsp3) is 0.733. The number of imidazole rings is 1. The van der Waals surface area contributed by atoms with Crippen molar-refractivity contribution in [3.8, 4) is 0 Å². The van der Waals surface area contributed by atoms with Crippen molar-refractivity contribution in [1.82, 2.24) is 14.9 Å². The largest absolute Gasteiger partial charge is 0.483 e. The molecule has 2 aliphatic rings. The Hall–Kier alpha value is -1.36. The molecule has 5 nitrogen and oxygen atoms in total. The van der Waals surface area contributed by atoms with E-state index in [2.05, 4.69) is 14.9 Å². The molecule has 1 aromatic heterocycles. The molecule has 2 heterocycles. The molecule has 0 spiro atoms. The summed E-state index contributed by atoms with van der Waals surface area (Å²) in [4.78, 5) is 18.5. The number of rotatable bonds is 3. The average Bonchev–Trinajstić information content (AvgIpc) is 3.13. The molecular formula is C15H25N3O2. The zero-order valence-electron chi connectivity index (χ0n) is 12.0. The summed E-state index contributed by atoms with van der Waals surface area (Å²) in [6, 6.07) is 0. The predicted octanol–water partition coefficient (Wildman–Crippen LogP) is 2.51. The maximum Gasteiger partial charge on any atom is 0.290 e. The molecule has 1 saturated heterocycles. The molecule has 0 amide bonds. The Kier molecular flexibility index (Phi) is 6.05. The van der Waals surface area contributed by atoms with E-state index in [1.165, 1.54) is 51.6 Å². The molecule has 5 heteroatoms. The highest BCUT2D eigenvalue weighted by atomic mass is 16.3. The van der Waals surface area contributed by atoms with Crippen LogP contribution in [-0.2, 0) is 11.3 Å². The minimum Gasteiger partial charge on any atom is -0.483 e. The number of likely N-dealkylation sites (tertiary alicyclic amines) is 1. The zero-order valence-corrected chi connectivity index (χ0v) is 12.0. The summed E-state index contributed by atoms with van der Waals surface area (Å²) >= 11 is 0. The van der Waals surface area contributed by atoms with E-state index in [9.17, 15) is 0 Å². The van der Waals surface area contributed by atoms with Crippen molar-refractivity contribution in [2.45, 2.75) is 45.1 Å². The molecule has 1 aliphatic carbocycles. The molecule has 20 heavy (non-hydrogen) atoms. The van der Waals surface area contributed by atoms with E-state index < -0.39 is 0 Å². The number of hydrogen-bond acceptors (Lipinski definition) is 3. The van der Waals surface area contributed by atoms with E-state index in [0.29, 0.717) is 0 Å². The van der Waals surface area contributed by atoms with Crippen molar-refractivity contribution in [3.05, 3.63) is 18.2 Å². The van der Waals surface area contributed by atoms with Crippen LogP contribution in [0.1, 0.15) is 44.3 Å². The van der Waals surface area contributed by atoms with E-state index >= 15 is 0 Å². The third-order valence-electron chi connectivity index (χ3n) is 4.55. The average molecular weight is 279 g/mol. The quantitative estimate of drug-likeness (QED) is 0.834. The number of carboxylic acid groups (broad SMARTS) is 1. The van der Waals surface area contributed by atoms with Gasteiger partial charge in [0.1, 0.15) is 5.82 Å². The highest BCUT2D eigenvalue weighted by molar-refractivity contribution is 5.32. The van der Waals surface area contributed by atoms with Crippen LogP contribution in [0, 0.1) is 11.8 Å². The van der Waals surface area contributed by atoms with Gasteiger partial charge in [0.05, 0.1) is 6.54 Å². The Labute approximate surface area is 120 Å². The van der Waals surface area contributed by atoms with Gasteiger partial charge >= 0.3 is 0 Å². The van der Waals surface area contributed by atoms with Crippen LogP contribution in [0.25, 0.3) is 0 Å². The molecule has 112 valence electrons. The number of nitrogens with zero attached hydrogens (tertiary/aromatic N) is 2. The number of aromatic amines is 1. The third kappa shape index (κ3) is 4.34. The maximum absolute atomic E-state index is 8.36. The Morgan fingerprint density at radius 2 is 2.05 bits per heavy atom. The number of aromatic nitrogens is 2. The first-order chi connectivity index (χ1) is 9.83. The smallest absolute Gasteiger partial charge is 0.290 e. The van der Waals surface area contributed by atoms with Crippen LogP contribution in [-0.4, -0.2) is 39.5 Å². The molecule has 2 fully saturated rings. The van der Waals surface area contributed by atoms with Gasteiger partial charge in [-0.3, -0.25) is 9.69 Å². The summed E-state index contributed by atoms with van der Waals surface area (Å²) < 4.78 is 0. The number of nitrogens with one attached hydrogen (secondary N) is 1. The summed E-state index contributed by atoms with van der Waals surface area (Å²) in [5, 5.41) is 6.89. The fourth-order valence-corrected chi connectivity index (χ4v) is 3.59. The Bertz CT molecular complexity index is 374. The van der Waals surface area contributed by atoms with Gasteiger partial charge < -0.3 is 10.1 Å². The van der Waals surface area contributed by atoms with E-state index in [4.69, 9.17) is 9.90 Å². The molecule has 0 aromatic carbocycles. The number of H-pyrrole nitrogens is 1. The first-order valence-corrected chi connectivity index (χ1v) is 7.62. The molecule has 3 rings (SSSR count). The van der Waals surface area contributed by atoms with Gasteiger partial charge in [-0.2, -0.15) is 0 Å². The Morgan fingerprint density at radius 1 is 1.30 bits per heavy atom. The highest BCUT2D eigenvalue weighted by Gasteiger charge is 2.30. The lowest BCUT2D eigenvalue weighted by molar-refractivity contribution is -0.122. The van der Waals surface area contributed by atoms with E-state index in [1.54, 1.807) is 0 Å². The maximum atomic E-state index is 8.36. The van der Waals surface area contributed by atoms with Crippen molar-refractivity contribution in [2.75, 3.05) is 13.1 Å². The lowest BCUT2D eigenvalue weighted by Gasteiger charge is -2.27. The summed E-state index contributed by atoms with van der Waals surface area (Å²) in [7, 11) is 0. The van der Waals surface area contributed by atoms with Crippen molar-refractivity contribution in [1.29, 1.82) is 0 Å². The van der Waals surface area contributed by atoms with Gasteiger partial charge in [0.25, 0.3) is 6.47 Å². The van der Waals surface area contributed by atoms with Crippen LogP contribution < -0.4 is 0 Å². The van der Waals surface area contributed by atoms with Crippen LogP contribution in [0.2, 0.25) is 0 Å². The molecule has 1 saturated carbocycles. The van der Waals surface area contributed by atoms with Gasteiger partial charge in [-0.05, 0) is 24.8 Å². The number of carbonyl (C=O) groups is 1. The normalized spacial score (nSPS) is 24.1. The van der Waals surface area contributed by atoms with Crippen LogP contribution in [0.3, 0.4) is 0 Å². The molecule has 2 N–H and O–H groups in total. The predicted molar refractivity (Wildman–Crippen MR) is 77.2 cm³/mol. The van der Waals surface area contributed by atoms with Crippen molar-refractivity contribution >= 4 is 6.47 Å². The number of hydrogen-bond donors (Lipinski definition) is 2. The molecule has 0 radical (unpaired) electrons. The van der Waals surface area contributed by atoms with E-state index in [0.717, 1.165) is 24.2 Å². The zero-order chi connectivity index (χ0) is 14.2. The second kappa shape index (κ2) is 8.04. The van der Waals surface area contributed by atoms with Crippen LogP contribution >= 0.6 is 0 Å². The summed E-state index contributed by atoms with van der Waals surface area (Å²) in [5.74, 6) is 3.10. The SMILES string of the molecule is O=CO.c1c[nH]c(CN2CCC(C3CCCCC3)C2)n1. The lowest BCUT2D eigenvalue weighted by Crippen LogP contribution is -2.24. The molecule has 1 aromatic rings. The summed E-state index contributed by atoms with van der Waals surface area (Å²) in [6.07, 6.45) is 12.6. The lowest BCUT2D eigenvalue weighted by atomic mass is 9.80. The minimum absolute atomic E-state index is 0.250. The second-order valence-corrected chi connectivity index (χ2v) is 5.82. The molecule has 1 aliphatic heterocycles. The van der Waals surface area contributed by atoms with Gasteiger partial charge in [0.15, 0.2) is 0 Å². The molecule has 0 bridgehead atoms. The monoisotopic (exact) mass is 279 g/mol. The Morgan fingerprint density at radius 3 is 2.70 bits per heavy atom. The van der Waals surface area contributed by atoms with Gasteiger partial charge in [0.2, 0.25) is 0 Å². The minimum atomic E-state index is -0.250.